The molecular weight excluding hydrogens is 413 g/mol. The van der Waals surface area contributed by atoms with Crippen LogP contribution in [0.25, 0.3) is 10.2 Å². The fraction of sp³-hybridized carbons (Fsp3) is 0.300. The molecule has 0 spiro atoms. The molecule has 3 aromatic rings. The van der Waals surface area contributed by atoms with Gasteiger partial charge in [0.05, 0.1) is 15.1 Å². The summed E-state index contributed by atoms with van der Waals surface area (Å²) in [7, 11) is -2.03. The number of aromatic nitrogens is 1. The van der Waals surface area contributed by atoms with E-state index in [2.05, 4.69) is 4.99 Å². The Morgan fingerprint density at radius 3 is 2.66 bits per heavy atom. The van der Waals surface area contributed by atoms with Crippen LogP contribution in [0.3, 0.4) is 0 Å². The quantitative estimate of drug-likeness (QED) is 0.638. The Bertz CT molecular complexity index is 1260. The van der Waals surface area contributed by atoms with Crippen molar-refractivity contribution in [2.24, 2.45) is 12.0 Å². The number of hydrogen-bond acceptors (Lipinski definition) is 4. The molecule has 0 radical (unpaired) electrons. The van der Waals surface area contributed by atoms with Crippen molar-refractivity contribution in [1.29, 1.82) is 0 Å². The molecule has 1 saturated heterocycles. The van der Waals surface area contributed by atoms with E-state index < -0.39 is 22.0 Å². The summed E-state index contributed by atoms with van der Waals surface area (Å²) in [6.45, 7) is 2.17. The number of nitrogens with zero attached hydrogens (tertiary/aromatic N) is 3. The van der Waals surface area contributed by atoms with Crippen molar-refractivity contribution in [3.63, 3.8) is 0 Å². The van der Waals surface area contributed by atoms with Crippen LogP contribution in [-0.4, -0.2) is 35.8 Å². The van der Waals surface area contributed by atoms with E-state index in [9.17, 15) is 17.6 Å². The van der Waals surface area contributed by atoms with Crippen LogP contribution in [0.4, 0.5) is 4.39 Å². The fourth-order valence-electron chi connectivity index (χ4n) is 3.50. The summed E-state index contributed by atoms with van der Waals surface area (Å²) in [4.78, 5) is 17.7. The van der Waals surface area contributed by atoms with E-state index in [1.165, 1.54) is 27.8 Å². The molecule has 1 aliphatic heterocycles. The maximum Gasteiger partial charge on any atom is 0.266 e. The molecule has 1 aliphatic rings. The Hall–Kier alpha value is -2.36. The van der Waals surface area contributed by atoms with Gasteiger partial charge in [-0.05, 0) is 50.1 Å². The second-order valence-corrected chi connectivity index (χ2v) is 9.99. The Morgan fingerprint density at radius 1 is 1.21 bits per heavy atom. The first-order valence-electron chi connectivity index (χ1n) is 9.19. The number of sulfonamides is 1. The van der Waals surface area contributed by atoms with E-state index in [1.807, 2.05) is 6.92 Å². The van der Waals surface area contributed by atoms with Crippen LogP contribution in [0.15, 0.2) is 52.4 Å². The van der Waals surface area contributed by atoms with E-state index >= 15 is 0 Å². The van der Waals surface area contributed by atoms with Crippen molar-refractivity contribution in [3.8, 4) is 0 Å². The molecule has 1 aromatic heterocycles. The van der Waals surface area contributed by atoms with Crippen LogP contribution in [0.2, 0.25) is 0 Å². The Morgan fingerprint density at radius 2 is 1.93 bits per heavy atom. The van der Waals surface area contributed by atoms with Gasteiger partial charge in [-0.3, -0.25) is 4.79 Å². The van der Waals surface area contributed by atoms with Crippen molar-refractivity contribution >= 4 is 37.5 Å². The Kier molecular flexibility index (Phi) is 5.14. The van der Waals surface area contributed by atoms with E-state index in [0.717, 1.165) is 11.1 Å². The second-order valence-electron chi connectivity index (χ2n) is 7.09. The first-order chi connectivity index (χ1) is 13.8. The Balaban J connectivity index is 1.69. The maximum atomic E-state index is 13.5. The van der Waals surface area contributed by atoms with Crippen molar-refractivity contribution in [1.82, 2.24) is 8.87 Å². The zero-order chi connectivity index (χ0) is 20.8. The van der Waals surface area contributed by atoms with E-state index in [1.54, 1.807) is 41.9 Å². The van der Waals surface area contributed by atoms with Gasteiger partial charge in [-0.2, -0.15) is 9.30 Å². The first kappa shape index (κ1) is 19.9. The van der Waals surface area contributed by atoms with E-state index in [0.29, 0.717) is 22.3 Å². The lowest BCUT2D eigenvalue weighted by molar-refractivity contribution is -0.121. The molecule has 4 rings (SSSR count). The zero-order valence-electron chi connectivity index (χ0n) is 16.0. The third-order valence-corrected chi connectivity index (χ3v) is 8.11. The van der Waals surface area contributed by atoms with Crippen LogP contribution < -0.4 is 4.80 Å². The minimum absolute atomic E-state index is 0.172. The van der Waals surface area contributed by atoms with Gasteiger partial charge in [0.1, 0.15) is 11.9 Å². The number of amides is 1. The standard InChI is InChI=1S/C20H20FN3O3S2/c1-13-5-8-15(9-6-13)29(26,27)24-11-3-4-17(24)19(25)22-20-23(2)16-10-7-14(21)12-18(16)28-20/h5-10,12,17H,3-4,11H2,1-2H3. The number of rotatable bonds is 3. The summed E-state index contributed by atoms with van der Waals surface area (Å²) < 4.78 is 43.2. The molecule has 9 heteroatoms. The summed E-state index contributed by atoms with van der Waals surface area (Å²) in [6.07, 6.45) is 1.03. The van der Waals surface area contributed by atoms with Crippen molar-refractivity contribution in [3.05, 3.63) is 58.6 Å². The average molecular weight is 434 g/mol. The molecule has 29 heavy (non-hydrogen) atoms. The van der Waals surface area contributed by atoms with Gasteiger partial charge in [-0.15, -0.1) is 0 Å². The van der Waals surface area contributed by atoms with Crippen LogP contribution in [0, 0.1) is 12.7 Å². The molecule has 6 nitrogen and oxygen atoms in total. The van der Waals surface area contributed by atoms with Crippen LogP contribution in [0.5, 0.6) is 0 Å². The summed E-state index contributed by atoms with van der Waals surface area (Å²) in [5, 5.41) is 0. The number of carbonyl (C=O) groups is 1. The molecule has 2 aromatic carbocycles. The van der Waals surface area contributed by atoms with Gasteiger partial charge in [0, 0.05) is 13.6 Å². The summed E-state index contributed by atoms with van der Waals surface area (Å²) in [5.74, 6) is -0.857. The number of thiazole rings is 1. The highest BCUT2D eigenvalue weighted by molar-refractivity contribution is 7.89. The molecule has 1 fully saturated rings. The van der Waals surface area contributed by atoms with Gasteiger partial charge < -0.3 is 4.57 Å². The molecule has 0 saturated carbocycles. The van der Waals surface area contributed by atoms with Gasteiger partial charge in [-0.1, -0.05) is 29.0 Å². The van der Waals surface area contributed by atoms with E-state index in [-0.39, 0.29) is 17.3 Å². The van der Waals surface area contributed by atoms with Gasteiger partial charge >= 0.3 is 0 Å². The normalized spacial score (nSPS) is 18.6. The van der Waals surface area contributed by atoms with Crippen molar-refractivity contribution in [2.45, 2.75) is 30.7 Å². The highest BCUT2D eigenvalue weighted by atomic mass is 32.2. The molecule has 152 valence electrons. The highest BCUT2D eigenvalue weighted by Crippen LogP contribution is 2.27. The third kappa shape index (κ3) is 3.65. The largest absolute Gasteiger partial charge is 0.319 e. The fourth-order valence-corrected chi connectivity index (χ4v) is 6.20. The predicted molar refractivity (Wildman–Crippen MR) is 109 cm³/mol. The molecule has 2 heterocycles. The lowest BCUT2D eigenvalue weighted by Gasteiger charge is -2.21. The molecule has 1 amide bonds. The lowest BCUT2D eigenvalue weighted by Crippen LogP contribution is -2.40. The monoisotopic (exact) mass is 433 g/mol. The smallest absolute Gasteiger partial charge is 0.266 e. The van der Waals surface area contributed by atoms with Gasteiger partial charge in [0.2, 0.25) is 10.0 Å². The predicted octanol–water partition coefficient (Wildman–Crippen LogP) is 2.97. The molecular formula is C20H20FN3O3S2. The molecule has 0 bridgehead atoms. The summed E-state index contributed by atoms with van der Waals surface area (Å²) in [6, 6.07) is 10.1. The molecule has 0 N–H and O–H groups in total. The average Bonchev–Trinajstić information content (AvgIpc) is 3.28. The van der Waals surface area contributed by atoms with Crippen molar-refractivity contribution < 1.29 is 17.6 Å². The third-order valence-electron chi connectivity index (χ3n) is 5.09. The van der Waals surface area contributed by atoms with Crippen LogP contribution >= 0.6 is 11.3 Å². The number of carbonyl (C=O) groups excluding carboxylic acids is 1. The van der Waals surface area contributed by atoms with Crippen molar-refractivity contribution in [2.75, 3.05) is 6.54 Å². The first-order valence-corrected chi connectivity index (χ1v) is 11.5. The zero-order valence-corrected chi connectivity index (χ0v) is 17.6. The molecule has 1 unspecified atom stereocenters. The summed E-state index contributed by atoms with van der Waals surface area (Å²) >= 11 is 1.20. The van der Waals surface area contributed by atoms with Gasteiger partial charge in [-0.25, -0.2) is 12.8 Å². The lowest BCUT2D eigenvalue weighted by atomic mass is 10.2. The SMILES string of the molecule is Cc1ccc(S(=O)(=O)N2CCCC2C(=O)N=c2sc3cc(F)ccc3n2C)cc1. The van der Waals surface area contributed by atoms with E-state index in [4.69, 9.17) is 0 Å². The number of halogens is 1. The number of benzene rings is 2. The Labute approximate surface area is 172 Å². The van der Waals surface area contributed by atoms with Gasteiger partial charge in [0.25, 0.3) is 5.91 Å². The molecule has 1 atom stereocenters. The molecule has 0 aliphatic carbocycles. The number of hydrogen-bond donors (Lipinski definition) is 0. The van der Waals surface area contributed by atoms with Crippen LogP contribution in [-0.2, 0) is 21.9 Å². The van der Waals surface area contributed by atoms with Gasteiger partial charge in [0.15, 0.2) is 4.80 Å². The van der Waals surface area contributed by atoms with Crippen LogP contribution in [0.1, 0.15) is 18.4 Å². The summed E-state index contributed by atoms with van der Waals surface area (Å²) in [5.41, 5.74) is 1.72. The topological polar surface area (TPSA) is 71.7 Å². The number of aryl methyl sites for hydroxylation is 2. The minimum atomic E-state index is -3.78. The second kappa shape index (κ2) is 7.47. The minimum Gasteiger partial charge on any atom is -0.319 e. The highest BCUT2D eigenvalue weighted by Gasteiger charge is 2.39. The maximum absolute atomic E-state index is 13.5. The number of fused-ring (bicyclic) bond motifs is 1.